The maximum atomic E-state index is 11.4. The average molecular weight is 641 g/mol. The van der Waals surface area contributed by atoms with Crippen molar-refractivity contribution < 1.29 is 14.6 Å². The number of benzene rings is 2. The second kappa shape index (κ2) is 14.6. The molecule has 0 aliphatic carbocycles. The number of nitrogens with zero attached hydrogens (tertiary/aromatic N) is 5. The molecule has 0 saturated heterocycles. The zero-order chi connectivity index (χ0) is 29.4. The summed E-state index contributed by atoms with van der Waals surface area (Å²) in [5, 5.41) is 10.8. The van der Waals surface area contributed by atoms with E-state index in [0.29, 0.717) is 38.9 Å². The van der Waals surface area contributed by atoms with E-state index in [-0.39, 0.29) is 43.1 Å². The number of imidazole rings is 2. The Kier molecular flexibility index (Phi) is 11.0. The monoisotopic (exact) mass is 639 g/mol. The summed E-state index contributed by atoms with van der Waals surface area (Å²) < 4.78 is 14.7. The molecule has 0 saturated carbocycles. The number of aliphatic hydroxyl groups excluding tert-OH is 1. The predicted molar refractivity (Wildman–Crippen MR) is 158 cm³/mol. The first kappa shape index (κ1) is 30.8. The molecule has 3 heterocycles. The number of hydrogen-bond acceptors (Lipinski definition) is 8. The number of nitrogen functional groups attached to an aromatic ring is 1. The van der Waals surface area contributed by atoms with Crippen LogP contribution in [0.15, 0.2) is 66.2 Å². The SMILES string of the molecule is Clc1ccc(COC(Cn2ccnc2)c2ccc(Cl)cc2Cl)c(Cl)c1.Nc1nc2c(ncn2COCCO)c(=O)[nH]1. The van der Waals surface area contributed by atoms with Gasteiger partial charge >= 0.3 is 0 Å². The van der Waals surface area contributed by atoms with Crippen LogP contribution in [0.3, 0.4) is 0 Å². The molecule has 0 amide bonds. The molecule has 0 fully saturated rings. The molecule has 0 radical (unpaired) electrons. The number of nitrogens with one attached hydrogen (secondary N) is 1. The summed E-state index contributed by atoms with van der Waals surface area (Å²) in [6.45, 7) is 1.19. The van der Waals surface area contributed by atoms with Crippen LogP contribution in [0.4, 0.5) is 5.95 Å². The highest BCUT2D eigenvalue weighted by Gasteiger charge is 2.18. The Balaban J connectivity index is 0.000000208. The van der Waals surface area contributed by atoms with Gasteiger partial charge in [-0.2, -0.15) is 4.98 Å². The Morgan fingerprint density at radius 3 is 2.49 bits per heavy atom. The standard InChI is InChI=1S/C18H14Cl4N2O.C8H11N5O3/c19-13-2-1-12(16(21)7-13)10-25-18(9-24-6-5-23-11-24)15-4-3-14(20)8-17(15)22;9-8-11-6-5(7(15)12-8)10-3-13(6)4-16-2-1-14/h1-8,11,18H,9-10H2;3,14H,1-2,4H2,(H3,9,11,12,15). The number of hydrogen-bond donors (Lipinski definition) is 3. The normalized spacial score (nSPS) is 11.8. The van der Waals surface area contributed by atoms with Gasteiger partial charge in [-0.05, 0) is 29.8 Å². The molecule has 11 nitrogen and oxygen atoms in total. The number of fused-ring (bicyclic) bond motifs is 1. The smallest absolute Gasteiger partial charge is 0.280 e. The number of rotatable bonds is 10. The molecule has 1 atom stereocenters. The molecule has 1 unspecified atom stereocenters. The molecule has 3 aromatic heterocycles. The van der Waals surface area contributed by atoms with Crippen molar-refractivity contribution in [3.63, 3.8) is 0 Å². The number of aromatic nitrogens is 6. The van der Waals surface area contributed by atoms with Crippen LogP contribution < -0.4 is 11.3 Å². The van der Waals surface area contributed by atoms with Crippen LogP contribution in [0.25, 0.3) is 11.2 Å². The maximum Gasteiger partial charge on any atom is 0.280 e. The molecule has 0 bridgehead atoms. The topological polar surface area (TPSA) is 146 Å². The first-order valence-corrected chi connectivity index (χ1v) is 13.6. The lowest BCUT2D eigenvalue weighted by Crippen LogP contribution is -2.13. The molecule has 15 heteroatoms. The van der Waals surface area contributed by atoms with Crippen molar-refractivity contribution in [2.75, 3.05) is 18.9 Å². The summed E-state index contributed by atoms with van der Waals surface area (Å²) in [6.07, 6.45) is 6.47. The first-order valence-electron chi connectivity index (χ1n) is 12.1. The minimum atomic E-state index is -0.386. The maximum absolute atomic E-state index is 11.4. The van der Waals surface area contributed by atoms with Crippen molar-refractivity contribution in [3.8, 4) is 0 Å². The Morgan fingerprint density at radius 1 is 1.05 bits per heavy atom. The number of aromatic amines is 1. The van der Waals surface area contributed by atoms with E-state index in [1.807, 2.05) is 22.9 Å². The number of nitrogens with two attached hydrogens (primary N) is 1. The molecule has 41 heavy (non-hydrogen) atoms. The zero-order valence-corrected chi connectivity index (χ0v) is 24.4. The van der Waals surface area contributed by atoms with Gasteiger partial charge in [0.25, 0.3) is 5.56 Å². The minimum absolute atomic E-state index is 0.0291. The lowest BCUT2D eigenvalue weighted by atomic mass is 10.1. The zero-order valence-electron chi connectivity index (χ0n) is 21.4. The van der Waals surface area contributed by atoms with E-state index in [1.54, 1.807) is 36.8 Å². The Bertz CT molecular complexity index is 1640. The lowest BCUT2D eigenvalue weighted by Gasteiger charge is -2.21. The van der Waals surface area contributed by atoms with Crippen LogP contribution in [-0.2, 0) is 29.4 Å². The number of ether oxygens (including phenoxy) is 2. The highest BCUT2D eigenvalue weighted by atomic mass is 35.5. The van der Waals surface area contributed by atoms with Gasteiger partial charge in [0, 0.05) is 38.0 Å². The fourth-order valence-corrected chi connectivity index (χ4v) is 4.70. The Labute approximate surface area is 254 Å². The van der Waals surface area contributed by atoms with Crippen molar-refractivity contribution in [2.24, 2.45) is 0 Å². The first-order chi connectivity index (χ1) is 19.7. The molecule has 0 aliphatic heterocycles. The van der Waals surface area contributed by atoms with Crippen molar-refractivity contribution in [2.45, 2.75) is 26.0 Å². The number of anilines is 1. The number of aliphatic hydroxyl groups is 1. The highest BCUT2D eigenvalue weighted by Crippen LogP contribution is 2.31. The average Bonchev–Trinajstić information content (AvgIpc) is 3.58. The quantitative estimate of drug-likeness (QED) is 0.178. The molecule has 5 aromatic rings. The summed E-state index contributed by atoms with van der Waals surface area (Å²) in [4.78, 5) is 25.7. The molecule has 0 aliphatic rings. The van der Waals surface area contributed by atoms with E-state index in [9.17, 15) is 4.79 Å². The van der Waals surface area contributed by atoms with E-state index in [4.69, 9.17) is 66.7 Å². The van der Waals surface area contributed by atoms with E-state index in [0.717, 1.165) is 11.1 Å². The van der Waals surface area contributed by atoms with Crippen LogP contribution in [0, 0.1) is 0 Å². The van der Waals surface area contributed by atoms with E-state index < -0.39 is 0 Å². The van der Waals surface area contributed by atoms with E-state index >= 15 is 0 Å². The lowest BCUT2D eigenvalue weighted by molar-refractivity contribution is 0.0281. The molecule has 5 rings (SSSR count). The van der Waals surface area contributed by atoms with Gasteiger partial charge in [0.1, 0.15) is 12.8 Å². The van der Waals surface area contributed by atoms with Crippen LogP contribution in [0.5, 0.6) is 0 Å². The summed E-state index contributed by atoms with van der Waals surface area (Å²) >= 11 is 24.5. The van der Waals surface area contributed by atoms with E-state index in [1.165, 1.54) is 10.9 Å². The van der Waals surface area contributed by atoms with Gasteiger partial charge in [-0.25, -0.2) is 9.97 Å². The Hall–Kier alpha value is -3.16. The van der Waals surface area contributed by atoms with E-state index in [2.05, 4.69) is 19.9 Å². The number of halogens is 4. The summed E-state index contributed by atoms with van der Waals surface area (Å²) in [7, 11) is 0. The van der Waals surface area contributed by atoms with Crippen LogP contribution in [0.1, 0.15) is 17.2 Å². The molecule has 2 aromatic carbocycles. The highest BCUT2D eigenvalue weighted by molar-refractivity contribution is 6.35. The van der Waals surface area contributed by atoms with Gasteiger partial charge in [-0.3, -0.25) is 14.3 Å². The van der Waals surface area contributed by atoms with Gasteiger partial charge in [0.2, 0.25) is 5.95 Å². The van der Waals surface area contributed by atoms with Crippen LogP contribution in [0.2, 0.25) is 20.1 Å². The molecule has 4 N–H and O–H groups in total. The fourth-order valence-electron chi connectivity index (χ4n) is 3.71. The fraction of sp³-hybridized carbons (Fsp3) is 0.231. The van der Waals surface area contributed by atoms with Gasteiger partial charge in [0.15, 0.2) is 11.2 Å². The third-order valence-electron chi connectivity index (χ3n) is 5.66. The second-order valence-corrected chi connectivity index (χ2v) is 10.2. The van der Waals surface area contributed by atoms with Crippen molar-refractivity contribution in [3.05, 3.63) is 103 Å². The Morgan fingerprint density at radius 2 is 1.80 bits per heavy atom. The largest absolute Gasteiger partial charge is 0.394 e. The summed E-state index contributed by atoms with van der Waals surface area (Å²) in [6, 6.07) is 10.7. The van der Waals surface area contributed by atoms with Crippen LogP contribution in [-0.4, -0.2) is 47.4 Å². The molecule has 0 spiro atoms. The van der Waals surface area contributed by atoms with Gasteiger partial charge in [-0.1, -0.05) is 58.5 Å². The number of H-pyrrole nitrogens is 1. The van der Waals surface area contributed by atoms with Crippen molar-refractivity contribution >= 4 is 63.5 Å². The second-order valence-electron chi connectivity index (χ2n) is 8.56. The van der Waals surface area contributed by atoms with Crippen molar-refractivity contribution in [1.29, 1.82) is 0 Å². The van der Waals surface area contributed by atoms with Gasteiger partial charge in [-0.15, -0.1) is 0 Å². The van der Waals surface area contributed by atoms with Gasteiger partial charge < -0.3 is 24.9 Å². The molecular formula is C26H25Cl4N7O4. The molecule has 216 valence electrons. The van der Waals surface area contributed by atoms with Crippen molar-refractivity contribution in [1.82, 2.24) is 29.1 Å². The van der Waals surface area contributed by atoms with Gasteiger partial charge in [0.05, 0.1) is 39.0 Å². The third kappa shape index (κ3) is 8.43. The molecular weight excluding hydrogens is 616 g/mol. The minimum Gasteiger partial charge on any atom is -0.394 e. The predicted octanol–water partition coefficient (Wildman–Crippen LogP) is 5.12. The summed E-state index contributed by atoms with van der Waals surface area (Å²) in [5.74, 6) is 0.0291. The van der Waals surface area contributed by atoms with Crippen LogP contribution >= 0.6 is 46.4 Å². The summed E-state index contributed by atoms with van der Waals surface area (Å²) in [5.41, 5.74) is 7.31. The third-order valence-corrected chi connectivity index (χ3v) is 6.81.